The Bertz CT molecular complexity index is 4560. The van der Waals surface area contributed by atoms with Crippen LogP contribution in [-0.2, 0) is 9.47 Å². The number of ether oxygens (including phenoxy) is 2. The first-order chi connectivity index (χ1) is 49.8. The number of carbonyl (C=O) groups excluding carboxylic acids is 6. The molecule has 6 heterocycles. The number of para-hydroxylation sites is 4. The molecule has 2 atom stereocenters. The SMILES string of the molecule is C=C(C)CNC(=O)OC(C)(C)C.C=C(CN)c1cccc2c(C(=O)NC)ccnc12.C=C(CNC(=O)OC(C)(C)C)c1cccc2c(C(=O)NC)ccnc12.CNC(=O)c1ccnc2c(C(C)CN)cccc12.CNC(=O)c1ccnc2c([C@H](C)CN)cccc12.Cc1ncc(-c2cc(Cl)ncn2)cn1.S. The molecule has 1 unspecified atom stereocenters. The Morgan fingerprint density at radius 2 is 0.830 bits per heavy atom. The lowest BCUT2D eigenvalue weighted by atomic mass is 9.96. The lowest BCUT2D eigenvalue weighted by molar-refractivity contribution is 0.0522. The minimum Gasteiger partial charge on any atom is -0.444 e. The number of nitrogens with one attached hydrogen (secondary N) is 6. The van der Waals surface area contributed by atoms with Crippen molar-refractivity contribution in [3.8, 4) is 11.3 Å². The molecule has 0 aliphatic rings. The topological polar surface area (TPSA) is 374 Å². The molecule has 10 rings (SSSR count). The van der Waals surface area contributed by atoms with Gasteiger partial charge in [0.05, 0.1) is 50.0 Å². The molecule has 27 heteroatoms. The molecule has 4 aromatic carbocycles. The molecule has 0 saturated carbocycles. The van der Waals surface area contributed by atoms with Gasteiger partial charge in [-0.05, 0) is 127 Å². The zero-order valence-electron chi connectivity index (χ0n) is 62.6. The van der Waals surface area contributed by atoms with Crippen molar-refractivity contribution < 1.29 is 38.2 Å². The minimum absolute atomic E-state index is 0. The van der Waals surface area contributed by atoms with Gasteiger partial charge in [0.2, 0.25) is 0 Å². The van der Waals surface area contributed by atoms with Crippen molar-refractivity contribution in [3.63, 3.8) is 0 Å². The summed E-state index contributed by atoms with van der Waals surface area (Å²) in [5, 5.41) is 19.5. The highest BCUT2D eigenvalue weighted by Gasteiger charge is 2.21. The molecule has 106 heavy (non-hydrogen) atoms. The van der Waals surface area contributed by atoms with Crippen molar-refractivity contribution in [2.75, 3.05) is 60.9 Å². The number of pyridine rings is 4. The Morgan fingerprint density at radius 3 is 1.17 bits per heavy atom. The van der Waals surface area contributed by atoms with Crippen LogP contribution in [-0.4, -0.2) is 148 Å². The van der Waals surface area contributed by atoms with E-state index in [0.717, 1.165) is 88.6 Å². The molecular formula is C79H98ClN17O8S. The van der Waals surface area contributed by atoms with Gasteiger partial charge in [0, 0.05) is 129 Å². The van der Waals surface area contributed by atoms with Crippen molar-refractivity contribution in [1.82, 2.24) is 71.8 Å². The lowest BCUT2D eigenvalue weighted by Crippen LogP contribution is -2.33. The maximum absolute atomic E-state index is 12.0. The van der Waals surface area contributed by atoms with E-state index in [1.807, 2.05) is 107 Å². The monoisotopic (exact) mass is 1480 g/mol. The summed E-state index contributed by atoms with van der Waals surface area (Å²) in [6, 6.07) is 31.5. The van der Waals surface area contributed by atoms with Crippen LogP contribution in [0.3, 0.4) is 0 Å². The Labute approximate surface area is 631 Å². The first-order valence-electron chi connectivity index (χ1n) is 33.6. The van der Waals surface area contributed by atoms with E-state index < -0.39 is 23.4 Å². The summed E-state index contributed by atoms with van der Waals surface area (Å²) in [6.45, 7) is 32.5. The van der Waals surface area contributed by atoms with Crippen LogP contribution in [0.15, 0.2) is 172 Å². The third-order valence-electron chi connectivity index (χ3n) is 15.3. The lowest BCUT2D eigenvalue weighted by Gasteiger charge is -2.20. The molecule has 0 aliphatic carbocycles. The molecule has 560 valence electrons. The predicted octanol–water partition coefficient (Wildman–Crippen LogP) is 12.1. The van der Waals surface area contributed by atoms with Crippen LogP contribution in [0.4, 0.5) is 9.59 Å². The summed E-state index contributed by atoms with van der Waals surface area (Å²) in [7, 11) is 6.45. The van der Waals surface area contributed by atoms with Crippen LogP contribution in [0.5, 0.6) is 0 Å². The Hall–Kier alpha value is -11.2. The number of aromatic nitrogens is 8. The number of amides is 6. The number of hydrogen-bond donors (Lipinski definition) is 9. The van der Waals surface area contributed by atoms with Gasteiger partial charge in [0.25, 0.3) is 23.6 Å². The van der Waals surface area contributed by atoms with Gasteiger partial charge in [-0.3, -0.25) is 39.1 Å². The van der Waals surface area contributed by atoms with Crippen LogP contribution >= 0.6 is 25.1 Å². The van der Waals surface area contributed by atoms with E-state index in [1.165, 1.54) is 6.33 Å². The molecule has 0 bridgehead atoms. The highest BCUT2D eigenvalue weighted by molar-refractivity contribution is 7.59. The Balaban J connectivity index is 0.000000272. The zero-order chi connectivity index (χ0) is 77.7. The Kier molecular flexibility index (Phi) is 34.5. The van der Waals surface area contributed by atoms with E-state index in [-0.39, 0.29) is 55.5 Å². The number of hydrogen-bond acceptors (Lipinski definition) is 19. The van der Waals surface area contributed by atoms with Crippen molar-refractivity contribution in [1.29, 1.82) is 0 Å². The highest BCUT2D eigenvalue weighted by Crippen LogP contribution is 2.30. The number of aryl methyl sites for hydroxylation is 1. The standard InChI is InChI=1S/C19H23N3O3.2C14H17N3O.C14H15N3O.C9H7ClN4.C9H17NO2.H2S/c1-12(11-22-18(24)25-19(2,3)4)13-7-6-8-14-15(17(23)20-5)9-10-21-16(13)14;3*1-9(8-15)10-4-3-5-11-12(14(18)16-2)6-7-17-13(10)11;1-6-11-3-7(4-12-6)8-2-9(10)14-5-13-8;1-7(2)6-10-8(11)12-9(3,4)5;/h6-10H,1,11H2,2-5H3,(H,20,23)(H,22,24);2*3-7,9H,8,15H2,1-2H3,(H,16,18);3-7H,1,8,15H2,2H3,(H,16,18);2-5H,1H3;1,6H2,2-5H3,(H,10,11);1H2/t;9-;;;;;/m.1...../s1. The number of fused-ring (bicyclic) bond motifs is 4. The second-order valence-electron chi connectivity index (χ2n) is 25.7. The van der Waals surface area contributed by atoms with Crippen molar-refractivity contribution in [3.05, 3.63) is 227 Å². The second kappa shape index (κ2) is 42.0. The summed E-state index contributed by atoms with van der Waals surface area (Å²) in [4.78, 5) is 104. The number of nitrogens with two attached hydrogens (primary N) is 3. The van der Waals surface area contributed by atoms with E-state index in [9.17, 15) is 28.8 Å². The van der Waals surface area contributed by atoms with E-state index in [0.29, 0.717) is 64.7 Å². The summed E-state index contributed by atoms with van der Waals surface area (Å²) in [6.07, 6.45) is 10.5. The summed E-state index contributed by atoms with van der Waals surface area (Å²) < 4.78 is 10.2. The zero-order valence-corrected chi connectivity index (χ0v) is 64.4. The smallest absolute Gasteiger partial charge is 0.407 e. The molecule has 0 spiro atoms. The summed E-state index contributed by atoms with van der Waals surface area (Å²) >= 11 is 5.73. The Morgan fingerprint density at radius 1 is 0.481 bits per heavy atom. The van der Waals surface area contributed by atoms with Gasteiger partial charge in [-0.25, -0.2) is 29.5 Å². The van der Waals surface area contributed by atoms with Gasteiger partial charge in [-0.1, -0.05) is 124 Å². The number of nitrogens with zero attached hydrogens (tertiary/aromatic N) is 8. The minimum atomic E-state index is -0.561. The summed E-state index contributed by atoms with van der Waals surface area (Å²) in [5.41, 5.74) is 29.4. The maximum Gasteiger partial charge on any atom is 0.407 e. The van der Waals surface area contributed by atoms with Crippen molar-refractivity contribution in [2.24, 2.45) is 17.2 Å². The molecule has 6 aromatic heterocycles. The van der Waals surface area contributed by atoms with Crippen LogP contribution in [0.25, 0.3) is 66.0 Å². The predicted molar refractivity (Wildman–Crippen MR) is 429 cm³/mol. The van der Waals surface area contributed by atoms with E-state index in [1.54, 1.807) is 116 Å². The quantitative estimate of drug-likeness (QED) is 0.0320. The fourth-order valence-electron chi connectivity index (χ4n) is 9.95. The molecule has 0 saturated heterocycles. The first kappa shape index (κ1) is 87.2. The third-order valence-corrected chi connectivity index (χ3v) is 15.5. The summed E-state index contributed by atoms with van der Waals surface area (Å²) in [5.74, 6) is 0.677. The van der Waals surface area contributed by atoms with Crippen LogP contribution in [0.2, 0.25) is 5.15 Å². The van der Waals surface area contributed by atoms with Crippen molar-refractivity contribution in [2.45, 2.75) is 92.3 Å². The molecular weight excluding hydrogens is 1380 g/mol. The fourth-order valence-corrected chi connectivity index (χ4v) is 10.1. The molecule has 25 nitrogen and oxygen atoms in total. The van der Waals surface area contributed by atoms with Crippen LogP contribution in [0, 0.1) is 6.92 Å². The van der Waals surface area contributed by atoms with Gasteiger partial charge < -0.3 is 58.6 Å². The molecule has 0 fully saturated rings. The first-order valence-corrected chi connectivity index (χ1v) is 33.9. The van der Waals surface area contributed by atoms with E-state index in [2.05, 4.69) is 105 Å². The molecule has 0 radical (unpaired) electrons. The van der Waals surface area contributed by atoms with Gasteiger partial charge in [-0.2, -0.15) is 13.5 Å². The number of alkyl carbamates (subject to hydrolysis) is 2. The van der Waals surface area contributed by atoms with Gasteiger partial charge in [0.15, 0.2) is 0 Å². The third kappa shape index (κ3) is 25.6. The number of benzene rings is 4. The van der Waals surface area contributed by atoms with E-state index >= 15 is 0 Å². The van der Waals surface area contributed by atoms with E-state index in [4.69, 9.17) is 38.3 Å². The number of rotatable bonds is 16. The average Bonchev–Trinajstić information content (AvgIpc) is 0.811. The number of carbonyl (C=O) groups is 6. The average molecular weight is 1480 g/mol. The largest absolute Gasteiger partial charge is 0.444 e. The van der Waals surface area contributed by atoms with Crippen LogP contribution < -0.4 is 49.1 Å². The maximum atomic E-state index is 12.0. The second-order valence-corrected chi connectivity index (χ2v) is 26.1. The molecule has 12 N–H and O–H groups in total. The van der Waals surface area contributed by atoms with Gasteiger partial charge in [0.1, 0.15) is 28.5 Å². The molecule has 6 amide bonds. The van der Waals surface area contributed by atoms with Crippen LogP contribution in [0.1, 0.15) is 144 Å². The highest BCUT2D eigenvalue weighted by atomic mass is 35.5. The normalized spacial score (nSPS) is 11.1. The van der Waals surface area contributed by atoms with Gasteiger partial charge in [-0.15, -0.1) is 0 Å². The van der Waals surface area contributed by atoms with Gasteiger partial charge >= 0.3 is 12.2 Å². The fraction of sp³-hybridized carbons (Fsp3) is 0.291. The molecule has 0 aliphatic heterocycles. The van der Waals surface area contributed by atoms with Crippen molar-refractivity contribution >= 4 is 116 Å². The molecule has 10 aromatic rings. The number of halogens is 1.